The van der Waals surface area contributed by atoms with Gasteiger partial charge in [0.15, 0.2) is 0 Å². The summed E-state index contributed by atoms with van der Waals surface area (Å²) in [6.07, 6.45) is 8.51. The van der Waals surface area contributed by atoms with Gasteiger partial charge in [-0.3, -0.25) is 0 Å². The molecule has 0 spiro atoms. The molecule has 2 rings (SSSR count). The topological polar surface area (TPSA) is 24.9 Å². The van der Waals surface area contributed by atoms with E-state index in [1.54, 1.807) is 0 Å². The molecule has 1 N–H and O–H groups in total. The summed E-state index contributed by atoms with van der Waals surface area (Å²) in [5.74, 6) is 0. The van der Waals surface area contributed by atoms with Crippen LogP contribution in [0.5, 0.6) is 0 Å². The van der Waals surface area contributed by atoms with Crippen molar-refractivity contribution in [2.24, 2.45) is 5.41 Å². The van der Waals surface area contributed by atoms with Crippen LogP contribution in [-0.2, 0) is 6.42 Å². The number of nitrogens with zero attached hydrogens (tertiary/aromatic N) is 1. The van der Waals surface area contributed by atoms with Gasteiger partial charge in [0.25, 0.3) is 0 Å². The Bertz CT molecular complexity index is 351. The molecule has 3 heteroatoms. The smallest absolute Gasteiger partial charge is 0.0896 e. The molecule has 0 aliphatic heterocycles. The normalized spacial score (nSPS) is 16.4. The summed E-state index contributed by atoms with van der Waals surface area (Å²) in [6, 6.07) is 0.815. The van der Waals surface area contributed by atoms with Crippen molar-refractivity contribution in [3.8, 4) is 0 Å². The van der Waals surface area contributed by atoms with Gasteiger partial charge in [-0.25, -0.2) is 4.98 Å². The fourth-order valence-electron chi connectivity index (χ4n) is 2.32. The molecule has 1 aromatic heterocycles. The second-order valence-corrected chi connectivity index (χ2v) is 6.70. The first kappa shape index (κ1) is 13.0. The Morgan fingerprint density at radius 2 is 2.12 bits per heavy atom. The van der Waals surface area contributed by atoms with E-state index in [1.165, 1.54) is 48.5 Å². The van der Waals surface area contributed by atoms with Gasteiger partial charge in [-0.05, 0) is 44.4 Å². The number of thiazole rings is 1. The van der Waals surface area contributed by atoms with E-state index in [4.69, 9.17) is 0 Å². The van der Waals surface area contributed by atoms with Gasteiger partial charge in [0.2, 0.25) is 0 Å². The lowest BCUT2D eigenvalue weighted by molar-refractivity contribution is 0.247. The molecule has 0 unspecified atom stereocenters. The summed E-state index contributed by atoms with van der Waals surface area (Å²) in [5.41, 5.74) is 0.432. The first-order chi connectivity index (χ1) is 8.17. The molecule has 0 atom stereocenters. The van der Waals surface area contributed by atoms with E-state index in [2.05, 4.69) is 37.3 Å². The summed E-state index contributed by atoms with van der Waals surface area (Å²) in [7, 11) is 0. The fraction of sp³-hybridized carbons (Fsp3) is 0.786. The van der Waals surface area contributed by atoms with Gasteiger partial charge in [-0.15, -0.1) is 11.3 Å². The molecule has 0 aromatic carbocycles. The fourth-order valence-corrected chi connectivity index (χ4v) is 3.29. The Balaban J connectivity index is 1.98. The number of aromatic nitrogens is 1. The van der Waals surface area contributed by atoms with Gasteiger partial charge in [-0.2, -0.15) is 0 Å². The Kier molecular flexibility index (Phi) is 4.21. The number of rotatable bonds is 7. The number of hydrogen-bond donors (Lipinski definition) is 1. The van der Waals surface area contributed by atoms with Gasteiger partial charge in [0.05, 0.1) is 5.01 Å². The van der Waals surface area contributed by atoms with Crippen LogP contribution in [0.15, 0.2) is 6.20 Å². The third-order valence-corrected chi connectivity index (χ3v) is 4.97. The number of aryl methyl sites for hydroxylation is 1. The molecule has 0 radical (unpaired) electrons. The van der Waals surface area contributed by atoms with Crippen molar-refractivity contribution in [3.63, 3.8) is 0 Å². The van der Waals surface area contributed by atoms with E-state index in [-0.39, 0.29) is 0 Å². The third-order valence-electron chi connectivity index (χ3n) is 4.06. The van der Waals surface area contributed by atoms with Crippen LogP contribution in [0.4, 0.5) is 0 Å². The van der Waals surface area contributed by atoms with Crippen LogP contribution in [0, 0.1) is 12.3 Å². The minimum atomic E-state index is 0.432. The average Bonchev–Trinajstić information content (AvgIpc) is 3.08. The molecular formula is C14H24N2S. The monoisotopic (exact) mass is 252 g/mol. The summed E-state index contributed by atoms with van der Waals surface area (Å²) in [6.45, 7) is 7.91. The summed E-state index contributed by atoms with van der Waals surface area (Å²) >= 11 is 1.86. The number of nitrogens with one attached hydrogen (secondary N) is 1. The van der Waals surface area contributed by atoms with Crippen LogP contribution in [0.1, 0.15) is 49.4 Å². The maximum atomic E-state index is 4.38. The second-order valence-electron chi connectivity index (χ2n) is 5.38. The van der Waals surface area contributed by atoms with Crippen molar-refractivity contribution in [2.45, 2.75) is 58.9 Å². The molecule has 0 bridgehead atoms. The van der Waals surface area contributed by atoms with Gasteiger partial charge >= 0.3 is 0 Å². The lowest BCUT2D eigenvalue weighted by Crippen LogP contribution is -2.36. The molecule has 1 fully saturated rings. The summed E-state index contributed by atoms with van der Waals surface area (Å²) in [4.78, 5) is 5.82. The maximum Gasteiger partial charge on any atom is 0.0896 e. The Morgan fingerprint density at radius 1 is 1.41 bits per heavy atom. The van der Waals surface area contributed by atoms with Crippen molar-refractivity contribution < 1.29 is 0 Å². The van der Waals surface area contributed by atoms with Crippen molar-refractivity contribution in [1.29, 1.82) is 0 Å². The van der Waals surface area contributed by atoms with Crippen LogP contribution in [0.25, 0.3) is 0 Å². The first-order valence-corrected chi connectivity index (χ1v) is 7.64. The van der Waals surface area contributed by atoms with E-state index in [0.29, 0.717) is 5.41 Å². The van der Waals surface area contributed by atoms with Gasteiger partial charge in [-0.1, -0.05) is 13.8 Å². The molecule has 1 aliphatic rings. The first-order valence-electron chi connectivity index (χ1n) is 6.82. The molecular weight excluding hydrogens is 228 g/mol. The largest absolute Gasteiger partial charge is 0.313 e. The quantitative estimate of drug-likeness (QED) is 0.802. The van der Waals surface area contributed by atoms with E-state index >= 15 is 0 Å². The van der Waals surface area contributed by atoms with Gasteiger partial charge < -0.3 is 5.32 Å². The van der Waals surface area contributed by atoms with E-state index in [9.17, 15) is 0 Å². The minimum absolute atomic E-state index is 0.432. The SMILES string of the molecule is CCC(CC)(CNC1CC1)Cc1cnc(C)s1. The molecule has 1 aliphatic carbocycles. The van der Waals surface area contributed by atoms with E-state index in [0.717, 1.165) is 6.04 Å². The molecule has 96 valence electrons. The average molecular weight is 252 g/mol. The Labute approximate surface area is 109 Å². The zero-order valence-corrected chi connectivity index (χ0v) is 12.1. The lowest BCUT2D eigenvalue weighted by Gasteiger charge is -2.31. The Morgan fingerprint density at radius 3 is 2.59 bits per heavy atom. The molecule has 1 aromatic rings. The summed E-state index contributed by atoms with van der Waals surface area (Å²) < 4.78 is 0. The highest BCUT2D eigenvalue weighted by molar-refractivity contribution is 7.11. The van der Waals surface area contributed by atoms with Crippen LogP contribution in [-0.4, -0.2) is 17.6 Å². The van der Waals surface area contributed by atoms with E-state index < -0.39 is 0 Å². The summed E-state index contributed by atoms with van der Waals surface area (Å²) in [5, 5.41) is 4.90. The third kappa shape index (κ3) is 3.52. The standard InChI is InChI=1S/C14H24N2S/c1-4-14(5-2,10-16-12-6-7-12)8-13-9-15-11(3)17-13/h9,12,16H,4-8,10H2,1-3H3. The Hall–Kier alpha value is -0.410. The molecule has 0 amide bonds. The maximum absolute atomic E-state index is 4.38. The predicted molar refractivity (Wildman–Crippen MR) is 74.6 cm³/mol. The van der Waals surface area contributed by atoms with Crippen molar-refractivity contribution in [1.82, 2.24) is 10.3 Å². The van der Waals surface area contributed by atoms with Gasteiger partial charge in [0, 0.05) is 23.7 Å². The van der Waals surface area contributed by atoms with Crippen molar-refractivity contribution in [3.05, 3.63) is 16.1 Å². The second kappa shape index (κ2) is 5.49. The number of hydrogen-bond acceptors (Lipinski definition) is 3. The lowest BCUT2D eigenvalue weighted by atomic mass is 9.78. The highest BCUT2D eigenvalue weighted by Gasteiger charge is 2.30. The highest BCUT2D eigenvalue weighted by Crippen LogP contribution is 2.33. The van der Waals surface area contributed by atoms with E-state index in [1.807, 2.05) is 11.3 Å². The molecule has 0 saturated heterocycles. The molecule has 1 heterocycles. The van der Waals surface area contributed by atoms with Crippen LogP contribution < -0.4 is 5.32 Å². The minimum Gasteiger partial charge on any atom is -0.313 e. The molecule has 2 nitrogen and oxygen atoms in total. The van der Waals surface area contributed by atoms with Crippen molar-refractivity contribution in [2.75, 3.05) is 6.54 Å². The van der Waals surface area contributed by atoms with Crippen LogP contribution >= 0.6 is 11.3 Å². The zero-order chi connectivity index (χ0) is 12.3. The van der Waals surface area contributed by atoms with Crippen LogP contribution in [0.2, 0.25) is 0 Å². The molecule has 17 heavy (non-hydrogen) atoms. The zero-order valence-electron chi connectivity index (χ0n) is 11.3. The predicted octanol–water partition coefficient (Wildman–Crippen LogP) is 3.55. The highest BCUT2D eigenvalue weighted by atomic mass is 32.1. The molecule has 1 saturated carbocycles. The van der Waals surface area contributed by atoms with Gasteiger partial charge in [0.1, 0.15) is 0 Å². The van der Waals surface area contributed by atoms with Crippen LogP contribution in [0.3, 0.4) is 0 Å². The van der Waals surface area contributed by atoms with Crippen molar-refractivity contribution >= 4 is 11.3 Å².